The lowest BCUT2D eigenvalue weighted by Crippen LogP contribution is -2.34. The number of alkyl halides is 3. The van der Waals surface area contributed by atoms with Gasteiger partial charge in [0.2, 0.25) is 0 Å². The third-order valence-electron chi connectivity index (χ3n) is 7.65. The Balaban J connectivity index is 0.00000353. The molecule has 1 saturated heterocycles. The van der Waals surface area contributed by atoms with Gasteiger partial charge in [-0.2, -0.15) is 13.2 Å². The quantitative estimate of drug-likeness (QED) is 0.223. The summed E-state index contributed by atoms with van der Waals surface area (Å²) in [6.45, 7) is 3.62. The standard InChI is InChI=1S/C31H33F3N2O2.ClH/c1-37-29-12-9-22(19-30(29)38-2)13-16-35-17-14-24(15-18-35)27-21-36(28-6-4-3-5-26(27)28)20-23-7-10-25(11-8-23)31(32,33)34;/h3-12,19,21,24H,13-18,20H2,1-2H3;1H. The predicted molar refractivity (Wildman–Crippen MR) is 151 cm³/mol. The van der Waals surface area contributed by atoms with E-state index in [0.29, 0.717) is 12.5 Å². The maximum atomic E-state index is 13.0. The largest absolute Gasteiger partial charge is 0.493 e. The van der Waals surface area contributed by atoms with E-state index in [1.165, 1.54) is 28.6 Å². The van der Waals surface area contributed by atoms with Crippen molar-refractivity contribution in [1.82, 2.24) is 9.47 Å². The van der Waals surface area contributed by atoms with Crippen LogP contribution < -0.4 is 9.47 Å². The number of para-hydroxylation sites is 1. The Bertz CT molecular complexity index is 1380. The van der Waals surface area contributed by atoms with Crippen LogP contribution in [-0.2, 0) is 19.1 Å². The number of hydrogen-bond donors (Lipinski definition) is 0. The van der Waals surface area contributed by atoms with Crippen LogP contribution in [-0.4, -0.2) is 43.3 Å². The summed E-state index contributed by atoms with van der Waals surface area (Å²) in [5, 5.41) is 1.24. The molecule has 0 aliphatic carbocycles. The topological polar surface area (TPSA) is 26.6 Å². The zero-order chi connectivity index (χ0) is 26.7. The Labute approximate surface area is 233 Å². The number of nitrogens with zero attached hydrogens (tertiary/aromatic N) is 2. The molecule has 3 aromatic carbocycles. The van der Waals surface area contributed by atoms with Crippen LogP contribution >= 0.6 is 12.4 Å². The van der Waals surface area contributed by atoms with Gasteiger partial charge in [0.15, 0.2) is 11.5 Å². The summed E-state index contributed by atoms with van der Waals surface area (Å²) in [7, 11) is 3.31. The molecule has 0 N–H and O–H groups in total. The van der Waals surface area contributed by atoms with Crippen molar-refractivity contribution in [2.45, 2.75) is 37.9 Å². The fourth-order valence-corrected chi connectivity index (χ4v) is 5.52. The Morgan fingerprint density at radius 1 is 0.846 bits per heavy atom. The minimum atomic E-state index is -4.32. The van der Waals surface area contributed by atoms with Crippen molar-refractivity contribution >= 4 is 23.3 Å². The lowest BCUT2D eigenvalue weighted by Gasteiger charge is -2.32. The zero-order valence-corrected chi connectivity index (χ0v) is 23.0. The molecule has 0 saturated carbocycles. The van der Waals surface area contributed by atoms with Crippen molar-refractivity contribution in [2.24, 2.45) is 0 Å². The SMILES string of the molecule is COc1ccc(CCN2CCC(c3cn(Cc4ccc(C(F)(F)F)cc4)c4ccccc34)CC2)cc1OC.Cl. The smallest absolute Gasteiger partial charge is 0.416 e. The van der Waals surface area contributed by atoms with Crippen LogP contribution in [0, 0.1) is 0 Å². The van der Waals surface area contributed by atoms with Crippen molar-refractivity contribution in [2.75, 3.05) is 33.9 Å². The van der Waals surface area contributed by atoms with Crippen LogP contribution in [0.15, 0.2) is 72.9 Å². The molecule has 0 spiro atoms. The molecule has 4 nitrogen and oxygen atoms in total. The molecule has 1 aromatic heterocycles. The number of fused-ring (bicyclic) bond motifs is 1. The van der Waals surface area contributed by atoms with E-state index in [1.54, 1.807) is 26.4 Å². The maximum Gasteiger partial charge on any atom is 0.416 e. The first-order chi connectivity index (χ1) is 18.4. The minimum absolute atomic E-state index is 0. The van der Waals surface area contributed by atoms with Gasteiger partial charge in [-0.3, -0.25) is 0 Å². The van der Waals surface area contributed by atoms with Crippen molar-refractivity contribution in [3.05, 3.63) is 95.2 Å². The molecule has 0 unspecified atom stereocenters. The lowest BCUT2D eigenvalue weighted by molar-refractivity contribution is -0.137. The van der Waals surface area contributed by atoms with Crippen LogP contribution in [0.1, 0.15) is 41.0 Å². The number of methoxy groups -OCH3 is 2. The second-order valence-corrected chi connectivity index (χ2v) is 9.98. The van der Waals surface area contributed by atoms with Gasteiger partial charge in [0.1, 0.15) is 0 Å². The predicted octanol–water partition coefficient (Wildman–Crippen LogP) is 7.57. The molecule has 4 aromatic rings. The first-order valence-corrected chi connectivity index (χ1v) is 13.0. The van der Waals surface area contributed by atoms with E-state index >= 15 is 0 Å². The van der Waals surface area contributed by atoms with Gasteiger partial charge in [-0.05, 0) is 85.3 Å². The number of benzene rings is 3. The highest BCUT2D eigenvalue weighted by Crippen LogP contribution is 2.35. The van der Waals surface area contributed by atoms with Gasteiger partial charge in [-0.25, -0.2) is 0 Å². The Morgan fingerprint density at radius 2 is 1.51 bits per heavy atom. The first kappa shape index (κ1) is 28.8. The van der Waals surface area contributed by atoms with E-state index in [-0.39, 0.29) is 12.4 Å². The molecule has 1 aliphatic heterocycles. The molecule has 8 heteroatoms. The highest BCUT2D eigenvalue weighted by molar-refractivity contribution is 5.85. The van der Waals surface area contributed by atoms with E-state index in [9.17, 15) is 13.2 Å². The second kappa shape index (κ2) is 12.3. The molecule has 208 valence electrons. The summed E-state index contributed by atoms with van der Waals surface area (Å²) in [5.74, 6) is 1.97. The molecule has 2 heterocycles. The normalized spacial score (nSPS) is 14.8. The Hall–Kier alpha value is -3.16. The summed E-state index contributed by atoms with van der Waals surface area (Å²) in [5.41, 5.74) is 3.94. The van der Waals surface area contributed by atoms with Crippen LogP contribution in [0.3, 0.4) is 0 Å². The van der Waals surface area contributed by atoms with Gasteiger partial charge in [0.25, 0.3) is 0 Å². The van der Waals surface area contributed by atoms with Crippen LogP contribution in [0.5, 0.6) is 11.5 Å². The monoisotopic (exact) mass is 558 g/mol. The van der Waals surface area contributed by atoms with Gasteiger partial charge in [-0.15, -0.1) is 12.4 Å². The van der Waals surface area contributed by atoms with Crippen molar-refractivity contribution in [1.29, 1.82) is 0 Å². The van der Waals surface area contributed by atoms with E-state index in [1.807, 2.05) is 12.1 Å². The fraction of sp³-hybridized carbons (Fsp3) is 0.355. The number of rotatable bonds is 8. The van der Waals surface area contributed by atoms with Gasteiger partial charge in [0.05, 0.1) is 19.8 Å². The molecule has 5 rings (SSSR count). The molecule has 1 fully saturated rings. The summed E-state index contributed by atoms with van der Waals surface area (Å²) in [6, 6.07) is 19.9. The minimum Gasteiger partial charge on any atom is -0.493 e. The molecule has 0 amide bonds. The van der Waals surface area contributed by atoms with Crippen molar-refractivity contribution in [3.8, 4) is 11.5 Å². The maximum absolute atomic E-state index is 13.0. The van der Waals surface area contributed by atoms with E-state index in [0.717, 1.165) is 61.5 Å². The van der Waals surface area contributed by atoms with Crippen molar-refractivity contribution in [3.63, 3.8) is 0 Å². The van der Waals surface area contributed by atoms with Crippen LogP contribution in [0.4, 0.5) is 13.2 Å². The fourth-order valence-electron chi connectivity index (χ4n) is 5.52. The number of piperidine rings is 1. The van der Waals surface area contributed by atoms with Gasteiger partial charge in [-0.1, -0.05) is 36.4 Å². The number of aromatic nitrogens is 1. The summed E-state index contributed by atoms with van der Waals surface area (Å²) >= 11 is 0. The lowest BCUT2D eigenvalue weighted by atomic mass is 9.89. The van der Waals surface area contributed by atoms with Crippen LogP contribution in [0.2, 0.25) is 0 Å². The molecule has 1 aliphatic rings. The number of halogens is 4. The third kappa shape index (κ3) is 6.53. The molecular weight excluding hydrogens is 525 g/mol. The number of likely N-dealkylation sites (tertiary alicyclic amines) is 1. The Kier molecular flexibility index (Phi) is 9.13. The highest BCUT2D eigenvalue weighted by Gasteiger charge is 2.30. The second-order valence-electron chi connectivity index (χ2n) is 9.98. The third-order valence-corrected chi connectivity index (χ3v) is 7.65. The molecule has 0 bridgehead atoms. The van der Waals surface area contributed by atoms with Gasteiger partial charge < -0.3 is 18.9 Å². The summed E-state index contributed by atoms with van der Waals surface area (Å²) in [4.78, 5) is 2.52. The zero-order valence-electron chi connectivity index (χ0n) is 22.2. The summed E-state index contributed by atoms with van der Waals surface area (Å²) in [6.07, 6.45) is 1.02. The molecule has 39 heavy (non-hydrogen) atoms. The summed E-state index contributed by atoms with van der Waals surface area (Å²) < 4.78 is 51.9. The van der Waals surface area contributed by atoms with E-state index in [4.69, 9.17) is 9.47 Å². The average molecular weight is 559 g/mol. The van der Waals surface area contributed by atoms with Crippen molar-refractivity contribution < 1.29 is 22.6 Å². The Morgan fingerprint density at radius 3 is 2.18 bits per heavy atom. The van der Waals surface area contributed by atoms with Gasteiger partial charge >= 0.3 is 6.18 Å². The van der Waals surface area contributed by atoms with E-state index in [2.05, 4.69) is 46.0 Å². The molecule has 0 radical (unpaired) electrons. The molecular formula is C31H34ClF3N2O2. The van der Waals surface area contributed by atoms with Gasteiger partial charge in [0, 0.05) is 30.2 Å². The van der Waals surface area contributed by atoms with E-state index < -0.39 is 11.7 Å². The highest BCUT2D eigenvalue weighted by atomic mass is 35.5. The first-order valence-electron chi connectivity index (χ1n) is 13.0. The van der Waals surface area contributed by atoms with Crippen LogP contribution in [0.25, 0.3) is 10.9 Å². The number of ether oxygens (including phenoxy) is 2. The average Bonchev–Trinajstić information content (AvgIpc) is 3.30. The molecule has 0 atom stereocenters. The number of hydrogen-bond acceptors (Lipinski definition) is 3.